The number of rotatable bonds is 5. The molecular weight excluding hydrogens is 202 g/mol. The van der Waals surface area contributed by atoms with Gasteiger partial charge in [-0.1, -0.05) is 26.2 Å². The van der Waals surface area contributed by atoms with Gasteiger partial charge in [0.15, 0.2) is 0 Å². The average Bonchev–Trinajstić information content (AvgIpc) is 1.80. The normalized spacial score (nSPS) is 8.50. The van der Waals surface area contributed by atoms with Gasteiger partial charge in [0.2, 0.25) is 0 Å². The largest absolute Gasteiger partial charge is 1.00 e. The van der Waals surface area contributed by atoms with Gasteiger partial charge in [-0.15, -0.1) is 0 Å². The van der Waals surface area contributed by atoms with Gasteiger partial charge in [-0.05, 0) is 6.42 Å². The zero-order valence-corrected chi connectivity index (χ0v) is 11.8. The number of carbonyl (C=O) groups is 1. The monoisotopic (exact) mass is 216 g/mol. The van der Waals surface area contributed by atoms with Crippen LogP contribution in [0.15, 0.2) is 0 Å². The molecule has 0 fully saturated rings. The predicted molar refractivity (Wildman–Crippen MR) is 37.5 cm³/mol. The molecule has 0 saturated carbocycles. The molecule has 0 aromatic carbocycles. The number of carboxylic acid groups (broad SMARTS) is 1. The molecule has 0 spiro atoms. The van der Waals surface area contributed by atoms with Crippen LogP contribution in [0.2, 0.25) is 0 Å². The van der Waals surface area contributed by atoms with E-state index in [9.17, 15) is 4.79 Å². The summed E-state index contributed by atoms with van der Waals surface area (Å²) in [7, 11) is 0. The molecule has 2 nitrogen and oxygen atoms in total. The smallest absolute Gasteiger partial charge is 1.00 e. The molecule has 10 heavy (non-hydrogen) atoms. The summed E-state index contributed by atoms with van der Waals surface area (Å²) in [6, 6.07) is 0. The van der Waals surface area contributed by atoms with E-state index < -0.39 is 5.97 Å². The zero-order chi connectivity index (χ0) is 7.11. The first kappa shape index (κ1) is 13.8. The maximum atomic E-state index is 9.96. The van der Waals surface area contributed by atoms with Crippen molar-refractivity contribution >= 4 is 5.97 Å². The second-order valence-electron chi connectivity index (χ2n) is 2.20. The topological polar surface area (TPSA) is 37.3 Å². The van der Waals surface area contributed by atoms with Crippen LogP contribution in [-0.4, -0.2) is 11.1 Å². The molecule has 56 valence electrons. The Balaban J connectivity index is -0.000000320. The van der Waals surface area contributed by atoms with Gasteiger partial charge in [0.25, 0.3) is 0 Å². The van der Waals surface area contributed by atoms with E-state index in [1.54, 1.807) is 0 Å². The zero-order valence-electron chi connectivity index (χ0n) is 7.89. The van der Waals surface area contributed by atoms with E-state index in [-0.39, 0.29) is 59.6 Å². The Morgan fingerprint density at radius 3 is 2.40 bits per heavy atom. The van der Waals surface area contributed by atoms with Gasteiger partial charge in [0.1, 0.15) is 0 Å². The third-order valence-corrected chi connectivity index (χ3v) is 1.24. The van der Waals surface area contributed by atoms with Gasteiger partial charge in [-0.2, -0.15) is 0 Å². The van der Waals surface area contributed by atoms with Crippen LogP contribution in [0.5, 0.6) is 0 Å². The van der Waals surface area contributed by atoms with Gasteiger partial charge in [0.05, 0.1) is 0 Å². The van der Waals surface area contributed by atoms with Crippen LogP contribution in [0.4, 0.5) is 0 Å². The summed E-state index contributed by atoms with van der Waals surface area (Å²) in [5, 5.41) is 8.21. The fraction of sp³-hybridized carbons (Fsp3) is 0.857. The summed E-state index contributed by atoms with van der Waals surface area (Å²) in [4.78, 5) is 9.96. The SMILES string of the molecule is CCCCCCC(=O)O.[H-].[Rb+]. The molecule has 0 saturated heterocycles. The van der Waals surface area contributed by atoms with Crippen molar-refractivity contribution in [1.29, 1.82) is 0 Å². The Morgan fingerprint density at radius 2 is 2.00 bits per heavy atom. The molecule has 0 aliphatic carbocycles. The summed E-state index contributed by atoms with van der Waals surface area (Å²) in [5.74, 6) is -0.675. The quantitative estimate of drug-likeness (QED) is 0.609. The first-order chi connectivity index (χ1) is 4.27. The van der Waals surface area contributed by atoms with E-state index >= 15 is 0 Å². The Bertz CT molecular complexity index is 88.5. The molecule has 0 bridgehead atoms. The molecule has 0 aliphatic heterocycles. The molecule has 0 radical (unpaired) electrons. The maximum absolute atomic E-state index is 9.96. The van der Waals surface area contributed by atoms with Crippen LogP contribution < -0.4 is 58.2 Å². The Hall–Kier alpha value is 1.28. The average molecular weight is 217 g/mol. The number of unbranched alkanes of at least 4 members (excludes halogenated alkanes) is 3. The summed E-state index contributed by atoms with van der Waals surface area (Å²) in [6.07, 6.45) is 4.55. The third-order valence-electron chi connectivity index (χ3n) is 1.24. The number of aliphatic carboxylic acids is 1. The molecule has 0 aromatic rings. The van der Waals surface area contributed by atoms with Gasteiger partial charge < -0.3 is 6.53 Å². The summed E-state index contributed by atoms with van der Waals surface area (Å²) in [6.45, 7) is 2.11. The van der Waals surface area contributed by atoms with E-state index in [1.807, 2.05) is 0 Å². The van der Waals surface area contributed by atoms with Crippen LogP contribution in [0.25, 0.3) is 0 Å². The molecule has 0 amide bonds. The Labute approximate surface area is 113 Å². The van der Waals surface area contributed by atoms with Crippen molar-refractivity contribution in [2.24, 2.45) is 0 Å². The molecular formula is C7H15O2Rb. The molecule has 0 aliphatic rings. The van der Waals surface area contributed by atoms with E-state index in [0.29, 0.717) is 6.42 Å². The fourth-order valence-electron chi connectivity index (χ4n) is 0.703. The molecule has 0 heterocycles. The molecule has 3 heteroatoms. The van der Waals surface area contributed by atoms with Crippen molar-refractivity contribution < 1.29 is 69.5 Å². The maximum Gasteiger partial charge on any atom is 1.00 e. The van der Waals surface area contributed by atoms with Gasteiger partial charge in [0, 0.05) is 6.42 Å². The Kier molecular flexibility index (Phi) is 14.2. The third kappa shape index (κ3) is 12.0. The first-order valence-corrected chi connectivity index (χ1v) is 3.49. The van der Waals surface area contributed by atoms with Crippen LogP contribution in [0, 0.1) is 0 Å². The van der Waals surface area contributed by atoms with Crippen molar-refractivity contribution in [1.82, 2.24) is 0 Å². The summed E-state index contributed by atoms with van der Waals surface area (Å²) < 4.78 is 0. The fourth-order valence-corrected chi connectivity index (χ4v) is 0.703. The predicted octanol–water partition coefficient (Wildman–Crippen LogP) is -0.842. The summed E-state index contributed by atoms with van der Waals surface area (Å²) in [5.41, 5.74) is 0. The molecule has 0 aromatic heterocycles. The second-order valence-corrected chi connectivity index (χ2v) is 2.20. The van der Waals surface area contributed by atoms with Crippen LogP contribution in [0.1, 0.15) is 40.5 Å². The minimum Gasteiger partial charge on any atom is -1.00 e. The van der Waals surface area contributed by atoms with Crippen molar-refractivity contribution in [3.05, 3.63) is 0 Å². The van der Waals surface area contributed by atoms with Crippen LogP contribution in [0.3, 0.4) is 0 Å². The molecule has 0 atom stereocenters. The molecule has 0 rings (SSSR count). The first-order valence-electron chi connectivity index (χ1n) is 3.49. The Morgan fingerprint density at radius 1 is 1.40 bits per heavy atom. The van der Waals surface area contributed by atoms with Crippen molar-refractivity contribution in [2.45, 2.75) is 39.0 Å². The standard InChI is InChI=1S/C7H14O2.Rb.H/c1-2-3-4-5-6-7(8)9;;/h2-6H2,1H3,(H,8,9);;/q;+1;-1. The van der Waals surface area contributed by atoms with E-state index in [1.165, 1.54) is 6.42 Å². The summed E-state index contributed by atoms with van der Waals surface area (Å²) >= 11 is 0. The number of hydrogen-bond acceptors (Lipinski definition) is 1. The second kappa shape index (κ2) is 10.3. The van der Waals surface area contributed by atoms with E-state index in [4.69, 9.17) is 5.11 Å². The molecule has 1 N–H and O–H groups in total. The minimum absolute atomic E-state index is 0. The number of hydrogen-bond donors (Lipinski definition) is 1. The number of carboxylic acids is 1. The van der Waals surface area contributed by atoms with Gasteiger partial charge in [-0.3, -0.25) is 4.79 Å². The minimum atomic E-state index is -0.675. The van der Waals surface area contributed by atoms with E-state index in [0.717, 1.165) is 19.3 Å². The van der Waals surface area contributed by atoms with Crippen molar-refractivity contribution in [3.8, 4) is 0 Å². The van der Waals surface area contributed by atoms with Crippen LogP contribution in [-0.2, 0) is 4.79 Å². The molecule has 0 unspecified atom stereocenters. The van der Waals surface area contributed by atoms with E-state index in [2.05, 4.69) is 6.92 Å². The van der Waals surface area contributed by atoms with Crippen molar-refractivity contribution in [2.75, 3.05) is 0 Å². The van der Waals surface area contributed by atoms with Crippen molar-refractivity contribution in [3.63, 3.8) is 0 Å². The van der Waals surface area contributed by atoms with Gasteiger partial charge in [-0.25, -0.2) is 0 Å². The van der Waals surface area contributed by atoms with Gasteiger partial charge >= 0.3 is 64.2 Å². The van der Waals surface area contributed by atoms with Crippen LogP contribution >= 0.6 is 0 Å².